The van der Waals surface area contributed by atoms with E-state index in [2.05, 4.69) is 17.9 Å². The fourth-order valence-corrected chi connectivity index (χ4v) is 2.62. The van der Waals surface area contributed by atoms with Gasteiger partial charge in [0.1, 0.15) is 0 Å². The standard InChI is InChI=1S/C12H20N2O/c1-2-3-10(8-13)12(15)6-7-14(9-12)11-4-5-11/h10-11,15H,2-7,9H2,1H3. The summed E-state index contributed by atoms with van der Waals surface area (Å²) in [6, 6.07) is 3.00. The number of rotatable bonds is 4. The van der Waals surface area contributed by atoms with Gasteiger partial charge in [-0.3, -0.25) is 4.90 Å². The molecule has 15 heavy (non-hydrogen) atoms. The van der Waals surface area contributed by atoms with Crippen molar-refractivity contribution < 1.29 is 5.11 Å². The van der Waals surface area contributed by atoms with E-state index in [0.29, 0.717) is 6.04 Å². The van der Waals surface area contributed by atoms with Gasteiger partial charge in [-0.2, -0.15) is 5.26 Å². The van der Waals surface area contributed by atoms with Gasteiger partial charge in [0.25, 0.3) is 0 Å². The molecule has 3 heteroatoms. The summed E-state index contributed by atoms with van der Waals surface area (Å²) >= 11 is 0. The molecule has 0 aromatic carbocycles. The predicted octanol–water partition coefficient (Wildman–Crippen LogP) is 1.53. The number of hydrogen-bond donors (Lipinski definition) is 1. The molecule has 0 amide bonds. The summed E-state index contributed by atoms with van der Waals surface area (Å²) in [7, 11) is 0. The van der Waals surface area contributed by atoms with E-state index in [1.807, 2.05) is 0 Å². The Morgan fingerprint density at radius 2 is 2.33 bits per heavy atom. The number of likely N-dealkylation sites (tertiary alicyclic amines) is 1. The van der Waals surface area contributed by atoms with E-state index in [-0.39, 0.29) is 5.92 Å². The van der Waals surface area contributed by atoms with Crippen molar-refractivity contribution in [1.82, 2.24) is 4.90 Å². The van der Waals surface area contributed by atoms with Crippen LogP contribution in [0.4, 0.5) is 0 Å². The molecule has 2 unspecified atom stereocenters. The van der Waals surface area contributed by atoms with Crippen LogP contribution in [0, 0.1) is 17.2 Å². The van der Waals surface area contributed by atoms with E-state index in [1.165, 1.54) is 12.8 Å². The molecular formula is C12H20N2O. The fraction of sp³-hybridized carbons (Fsp3) is 0.917. The molecule has 2 atom stereocenters. The van der Waals surface area contributed by atoms with E-state index in [0.717, 1.165) is 32.4 Å². The van der Waals surface area contributed by atoms with Crippen LogP contribution in [-0.4, -0.2) is 34.7 Å². The number of β-amino-alcohol motifs (C(OH)–C–C–N with tert-alkyl or cyclic N) is 1. The summed E-state index contributed by atoms with van der Waals surface area (Å²) in [4.78, 5) is 2.36. The molecule has 84 valence electrons. The molecule has 0 radical (unpaired) electrons. The zero-order valence-electron chi connectivity index (χ0n) is 9.45. The van der Waals surface area contributed by atoms with Crippen molar-refractivity contribution in [2.45, 2.75) is 50.7 Å². The first-order chi connectivity index (χ1) is 7.19. The molecule has 1 N–H and O–H groups in total. The highest BCUT2D eigenvalue weighted by molar-refractivity contribution is 5.05. The molecule has 1 saturated carbocycles. The predicted molar refractivity (Wildman–Crippen MR) is 58.2 cm³/mol. The van der Waals surface area contributed by atoms with Gasteiger partial charge in [0.2, 0.25) is 0 Å². The van der Waals surface area contributed by atoms with Crippen LogP contribution in [0.5, 0.6) is 0 Å². The van der Waals surface area contributed by atoms with Gasteiger partial charge in [0.05, 0.1) is 17.6 Å². The summed E-state index contributed by atoms with van der Waals surface area (Å²) < 4.78 is 0. The highest BCUT2D eigenvalue weighted by Crippen LogP contribution is 2.37. The SMILES string of the molecule is CCCC(C#N)C1(O)CCN(C2CC2)C1. The zero-order chi connectivity index (χ0) is 10.9. The first-order valence-electron chi connectivity index (χ1n) is 6.05. The lowest BCUT2D eigenvalue weighted by atomic mass is 9.84. The molecule has 3 nitrogen and oxygen atoms in total. The second kappa shape index (κ2) is 4.11. The second-order valence-corrected chi connectivity index (χ2v) is 5.03. The Hall–Kier alpha value is -0.590. The van der Waals surface area contributed by atoms with Gasteiger partial charge in [-0.05, 0) is 25.7 Å². The maximum Gasteiger partial charge on any atom is 0.0943 e. The van der Waals surface area contributed by atoms with Crippen molar-refractivity contribution in [2.75, 3.05) is 13.1 Å². The van der Waals surface area contributed by atoms with Crippen molar-refractivity contribution in [3.8, 4) is 6.07 Å². The normalized spacial score (nSPS) is 33.9. The summed E-state index contributed by atoms with van der Waals surface area (Å²) in [5.74, 6) is -0.175. The number of aliphatic hydroxyl groups is 1. The second-order valence-electron chi connectivity index (χ2n) is 5.03. The van der Waals surface area contributed by atoms with Crippen LogP contribution in [0.2, 0.25) is 0 Å². The minimum Gasteiger partial charge on any atom is -0.387 e. The molecule has 1 saturated heterocycles. The van der Waals surface area contributed by atoms with Crippen LogP contribution in [0.1, 0.15) is 39.0 Å². The highest BCUT2D eigenvalue weighted by atomic mass is 16.3. The van der Waals surface area contributed by atoms with E-state index < -0.39 is 5.60 Å². The zero-order valence-corrected chi connectivity index (χ0v) is 9.45. The van der Waals surface area contributed by atoms with Crippen LogP contribution in [0.15, 0.2) is 0 Å². The van der Waals surface area contributed by atoms with Gasteiger partial charge in [-0.15, -0.1) is 0 Å². The largest absolute Gasteiger partial charge is 0.387 e. The Labute approximate surface area is 91.7 Å². The van der Waals surface area contributed by atoms with Crippen molar-refractivity contribution >= 4 is 0 Å². The average Bonchev–Trinajstić information content (AvgIpc) is 2.99. The Morgan fingerprint density at radius 1 is 1.60 bits per heavy atom. The van der Waals surface area contributed by atoms with Gasteiger partial charge >= 0.3 is 0 Å². The van der Waals surface area contributed by atoms with Crippen LogP contribution < -0.4 is 0 Å². The molecule has 0 spiro atoms. The molecule has 0 aromatic rings. The summed E-state index contributed by atoms with van der Waals surface area (Å²) in [6.07, 6.45) is 5.14. The van der Waals surface area contributed by atoms with E-state index in [9.17, 15) is 5.11 Å². The van der Waals surface area contributed by atoms with Crippen LogP contribution in [-0.2, 0) is 0 Å². The van der Waals surface area contributed by atoms with Gasteiger partial charge < -0.3 is 5.11 Å². The maximum absolute atomic E-state index is 10.5. The monoisotopic (exact) mass is 208 g/mol. The Morgan fingerprint density at radius 3 is 2.87 bits per heavy atom. The lowest BCUT2D eigenvalue weighted by molar-refractivity contribution is 0.00792. The van der Waals surface area contributed by atoms with Crippen molar-refractivity contribution in [3.63, 3.8) is 0 Å². The van der Waals surface area contributed by atoms with Gasteiger partial charge in [0, 0.05) is 19.1 Å². The third kappa shape index (κ3) is 2.16. The van der Waals surface area contributed by atoms with Crippen LogP contribution in [0.3, 0.4) is 0 Å². The number of nitrogens with zero attached hydrogens (tertiary/aromatic N) is 2. The molecule has 0 bridgehead atoms. The molecule has 1 aliphatic heterocycles. The van der Waals surface area contributed by atoms with Gasteiger partial charge in [0.15, 0.2) is 0 Å². The highest BCUT2D eigenvalue weighted by Gasteiger charge is 2.46. The summed E-state index contributed by atoms with van der Waals surface area (Å²) in [5, 5.41) is 19.6. The Bertz CT molecular complexity index is 269. The molecule has 1 heterocycles. The quantitative estimate of drug-likeness (QED) is 0.762. The first-order valence-corrected chi connectivity index (χ1v) is 6.05. The van der Waals surface area contributed by atoms with Crippen LogP contribution >= 0.6 is 0 Å². The third-order valence-corrected chi connectivity index (χ3v) is 3.75. The summed E-state index contributed by atoms with van der Waals surface area (Å²) in [6.45, 7) is 3.76. The Balaban J connectivity index is 1.97. The molecule has 2 fully saturated rings. The van der Waals surface area contributed by atoms with Gasteiger partial charge in [-0.25, -0.2) is 0 Å². The molecule has 1 aliphatic carbocycles. The van der Waals surface area contributed by atoms with Crippen molar-refractivity contribution in [1.29, 1.82) is 5.26 Å². The lowest BCUT2D eigenvalue weighted by Crippen LogP contribution is -2.40. The molecule has 2 rings (SSSR count). The number of nitriles is 1. The first kappa shape index (κ1) is 10.9. The van der Waals surface area contributed by atoms with Crippen molar-refractivity contribution in [2.24, 2.45) is 5.92 Å². The molecule has 2 aliphatic rings. The fourth-order valence-electron chi connectivity index (χ4n) is 2.62. The third-order valence-electron chi connectivity index (χ3n) is 3.75. The smallest absolute Gasteiger partial charge is 0.0943 e. The molecular weight excluding hydrogens is 188 g/mol. The van der Waals surface area contributed by atoms with Gasteiger partial charge in [-0.1, -0.05) is 13.3 Å². The van der Waals surface area contributed by atoms with Crippen LogP contribution in [0.25, 0.3) is 0 Å². The maximum atomic E-state index is 10.5. The van der Waals surface area contributed by atoms with E-state index >= 15 is 0 Å². The molecule has 0 aromatic heterocycles. The van der Waals surface area contributed by atoms with Crippen molar-refractivity contribution in [3.05, 3.63) is 0 Å². The topological polar surface area (TPSA) is 47.3 Å². The lowest BCUT2D eigenvalue weighted by Gasteiger charge is -2.28. The minimum absolute atomic E-state index is 0.175. The minimum atomic E-state index is -0.729. The number of hydrogen-bond acceptors (Lipinski definition) is 3. The van der Waals surface area contributed by atoms with E-state index in [1.54, 1.807) is 0 Å². The van der Waals surface area contributed by atoms with E-state index in [4.69, 9.17) is 5.26 Å². The Kier molecular flexibility index (Phi) is 2.99. The summed E-state index contributed by atoms with van der Waals surface area (Å²) in [5.41, 5.74) is -0.729. The average molecular weight is 208 g/mol.